The van der Waals surface area contributed by atoms with Gasteiger partial charge in [0.1, 0.15) is 24.9 Å². The van der Waals surface area contributed by atoms with Gasteiger partial charge < -0.3 is 54.7 Å². The summed E-state index contributed by atoms with van der Waals surface area (Å²) in [6.07, 6.45) is -7.78. The van der Waals surface area contributed by atoms with E-state index in [1.165, 1.54) is 48.5 Å². The highest BCUT2D eigenvalue weighted by atomic mass is 35.5. The molecule has 19 nitrogen and oxygen atoms in total. The number of Topliss-reactive ketones (excluding diaryl/α,β-unsaturated/α-hetero) is 7. The van der Waals surface area contributed by atoms with Gasteiger partial charge in [-0.25, -0.2) is 4.79 Å². The molecule has 0 aromatic heterocycles. The molecule has 27 heteroatoms. The molecular weight excluding hydrogens is 1400 g/mol. The highest BCUT2D eigenvalue weighted by Crippen LogP contribution is 2.66. The molecule has 0 spiro atoms. The van der Waals surface area contributed by atoms with Crippen LogP contribution in [0.15, 0.2) is 194 Å². The van der Waals surface area contributed by atoms with Crippen molar-refractivity contribution in [2.45, 2.75) is 57.9 Å². The lowest BCUT2D eigenvalue weighted by molar-refractivity contribution is -0.456. The van der Waals surface area contributed by atoms with Crippen molar-refractivity contribution in [3.05, 3.63) is 279 Å². The molecule has 0 bridgehead atoms. The van der Waals surface area contributed by atoms with Crippen molar-refractivity contribution < 1.29 is 93.0 Å². The minimum absolute atomic E-state index is 0.670. The molecule has 2 saturated heterocycles. The number of aliphatic hydroxyl groups excluding tert-OH is 4. The van der Waals surface area contributed by atoms with Crippen molar-refractivity contribution in [1.29, 1.82) is 0 Å². The summed E-state index contributed by atoms with van der Waals surface area (Å²) in [7, 11) is 0. The Morgan fingerprint density at radius 2 is 0.726 bits per heavy atom. The normalized spacial score (nSPS) is 24.9. The third-order valence-electron chi connectivity index (χ3n) is 16.5. The fourth-order valence-electron chi connectivity index (χ4n) is 11.9. The van der Waals surface area contributed by atoms with E-state index in [1.54, 1.807) is 0 Å². The topological polar surface area (TPSA) is 315 Å². The van der Waals surface area contributed by atoms with Gasteiger partial charge in [-0.3, -0.25) is 33.6 Å². The summed E-state index contributed by atoms with van der Waals surface area (Å²) in [6, 6.07) is 31.9. The number of benzene rings is 8. The number of halogens is 8. The van der Waals surface area contributed by atoms with E-state index >= 15 is 53.7 Å². The van der Waals surface area contributed by atoms with Gasteiger partial charge in [0.2, 0.25) is 68.7 Å². The average molecular weight is 1450 g/mol. The van der Waals surface area contributed by atoms with Gasteiger partial charge in [0.25, 0.3) is 11.4 Å². The first-order valence-corrected chi connectivity index (χ1v) is 31.0. The Balaban J connectivity index is 1.66. The second-order valence-electron chi connectivity index (χ2n) is 21.6. The molecule has 9 atom stereocenters. The average Bonchev–Trinajstić information content (AvgIpc) is 0.641. The number of ether oxygens (including phenoxy) is 4. The van der Waals surface area contributed by atoms with Crippen molar-refractivity contribution in [2.75, 3.05) is 13.2 Å². The molecule has 7 N–H and O–H groups in total. The molecule has 2 heterocycles. The predicted octanol–water partition coefficient (Wildman–Crippen LogP) is 10.5. The number of esters is 1. The van der Waals surface area contributed by atoms with Crippen LogP contribution in [0.5, 0.6) is 0 Å². The van der Waals surface area contributed by atoms with E-state index in [1.807, 2.05) is 0 Å². The fourth-order valence-corrected chi connectivity index (χ4v) is 13.7. The van der Waals surface area contributed by atoms with Crippen molar-refractivity contribution in [2.24, 2.45) is 0 Å². The molecule has 0 aliphatic carbocycles. The van der Waals surface area contributed by atoms with E-state index in [9.17, 15) is 20.4 Å². The molecule has 2 aliphatic heterocycles. The Hall–Kier alpha value is -7.16. The second kappa shape index (κ2) is 27.0. The molecule has 488 valence electrons. The van der Waals surface area contributed by atoms with E-state index < -0.39 is 202 Å². The SMILES string of the molecule is O=C(O[C@@]1(C(=O)c2ccccc2Cl)[C@@](O)(C(=O)c2ccccc2Cl)[C@](O)(C(=O)c2ccccc2Cl)[C@@](OC2(CO)O[C@H](CO)[C@@H](O)[C@@H]2O)(C(=O)c2ccccc2Cl)O[C@]1(C(=O)c1ccccc1Cl)C(O)(C(=O)c1ccccc1Cl)C(=O)c1ccccc1Cl)c1ccccc1Cl. The molecule has 0 radical (unpaired) electrons. The third kappa shape index (κ3) is 10.8. The Morgan fingerprint density at radius 1 is 0.421 bits per heavy atom. The summed E-state index contributed by atoms with van der Waals surface area (Å²) in [4.78, 5) is 140. The summed E-state index contributed by atoms with van der Waals surface area (Å²) in [6.45, 7) is -3.40. The van der Waals surface area contributed by atoms with Gasteiger partial charge in [-0.2, -0.15) is 0 Å². The zero-order valence-electron chi connectivity index (χ0n) is 48.2. The third-order valence-corrected chi connectivity index (χ3v) is 19.1. The van der Waals surface area contributed by atoms with Gasteiger partial charge in [0.15, 0.2) is 0 Å². The van der Waals surface area contributed by atoms with Gasteiger partial charge in [0, 0.05) is 38.9 Å². The minimum Gasteiger partial charge on any atom is -0.439 e. The van der Waals surface area contributed by atoms with Crippen LogP contribution in [0.3, 0.4) is 0 Å². The highest BCUT2D eigenvalue weighted by Gasteiger charge is 2.98. The van der Waals surface area contributed by atoms with Crippen LogP contribution in [0, 0.1) is 0 Å². The maximum atomic E-state index is 18.2. The minimum atomic E-state index is -5.68. The van der Waals surface area contributed by atoms with E-state index in [2.05, 4.69) is 0 Å². The lowest BCUT2D eigenvalue weighted by Crippen LogP contribution is -2.99. The smallest absolute Gasteiger partial charge is 0.340 e. The molecule has 2 aliphatic rings. The summed E-state index contributed by atoms with van der Waals surface area (Å²) >= 11 is 55.5. The number of hydrogen-bond donors (Lipinski definition) is 7. The molecule has 95 heavy (non-hydrogen) atoms. The summed E-state index contributed by atoms with van der Waals surface area (Å²) in [5.41, 5.74) is -36.8. The summed E-state index contributed by atoms with van der Waals surface area (Å²) in [5, 5.41) is 87.4. The van der Waals surface area contributed by atoms with Crippen molar-refractivity contribution in [3.8, 4) is 0 Å². The number of carbonyl (C=O) groups is 8. The molecule has 0 amide bonds. The van der Waals surface area contributed by atoms with Crippen LogP contribution in [0.4, 0.5) is 0 Å². The molecule has 0 saturated carbocycles. The first-order valence-electron chi connectivity index (χ1n) is 28.0. The number of ketones is 7. The number of rotatable bonds is 21. The summed E-state index contributed by atoms with van der Waals surface area (Å²) in [5.74, 6) is -28.5. The van der Waals surface area contributed by atoms with Crippen LogP contribution in [-0.4, -0.2) is 153 Å². The van der Waals surface area contributed by atoms with E-state index in [0.29, 0.717) is 0 Å². The van der Waals surface area contributed by atoms with Crippen molar-refractivity contribution >= 4 is 139 Å². The van der Waals surface area contributed by atoms with Crippen LogP contribution < -0.4 is 0 Å². The molecule has 8 aromatic rings. The second-order valence-corrected chi connectivity index (χ2v) is 24.8. The van der Waals surface area contributed by atoms with Crippen LogP contribution in [0.25, 0.3) is 0 Å². The van der Waals surface area contributed by atoms with Crippen molar-refractivity contribution in [1.82, 2.24) is 0 Å². The van der Waals surface area contributed by atoms with E-state index in [0.717, 1.165) is 146 Å². The number of carbonyl (C=O) groups excluding carboxylic acids is 8. The lowest BCUT2D eigenvalue weighted by atomic mass is 9.46. The first-order chi connectivity index (χ1) is 45.1. The van der Waals surface area contributed by atoms with Crippen LogP contribution in [0.1, 0.15) is 82.9 Å². The standard InChI is InChI=1S/C68H46Cl8O19/c69-43-25-9-1-17-35(43)53(80)63(89,54(81)36-18-2-10-26-44(36)70)66(57(84)39-21-5-13-29-47(39)73)67(58(85)40-22-6-14-30-48(40)74,93-61(88)42-24-8-16-32-50(42)76)64(90,55(82)37-19-3-11-27-45(37)71)65(91,56(83)38-20-4-12-28-46(38)72)68(95-66,59(86)41-23-7-15-31-49(41)75)94-62(34-78)60(87)52(79)51(33-77)92-62/h1-32,51-52,60,77-79,87,89-91H,33-34H2/t51-,52-,60+,62?,64-,65-,66-,67+,68-/m1/s1. The van der Waals surface area contributed by atoms with Crippen LogP contribution >= 0.6 is 92.8 Å². The fraction of sp³-hybridized carbons (Fsp3) is 0.176. The van der Waals surface area contributed by atoms with Gasteiger partial charge in [-0.15, -0.1) is 0 Å². The Morgan fingerprint density at radius 3 is 1.06 bits per heavy atom. The Labute approximate surface area is 578 Å². The quantitative estimate of drug-likeness (QED) is 0.0200. The monoisotopic (exact) mass is 1450 g/mol. The maximum absolute atomic E-state index is 18.2. The van der Waals surface area contributed by atoms with Crippen LogP contribution in [0.2, 0.25) is 40.2 Å². The van der Waals surface area contributed by atoms with Crippen LogP contribution in [-0.2, 0) is 18.9 Å². The predicted molar refractivity (Wildman–Crippen MR) is 346 cm³/mol. The molecule has 10 rings (SSSR count). The number of aliphatic hydroxyl groups is 7. The number of hydrogen-bond acceptors (Lipinski definition) is 19. The van der Waals surface area contributed by atoms with Gasteiger partial charge >= 0.3 is 5.97 Å². The molecule has 1 unspecified atom stereocenters. The van der Waals surface area contributed by atoms with Gasteiger partial charge in [-0.05, 0) is 97.1 Å². The largest absolute Gasteiger partial charge is 0.439 e. The van der Waals surface area contributed by atoms with Gasteiger partial charge in [0.05, 0.1) is 52.4 Å². The van der Waals surface area contributed by atoms with E-state index in [-0.39, 0.29) is 0 Å². The highest BCUT2D eigenvalue weighted by molar-refractivity contribution is 6.44. The first kappa shape index (κ1) is 70.6. The zero-order valence-corrected chi connectivity index (χ0v) is 54.2. The zero-order chi connectivity index (χ0) is 69.0. The Kier molecular flexibility index (Phi) is 20.1. The molecule has 8 aromatic carbocycles. The maximum Gasteiger partial charge on any atom is 0.340 e. The molecular formula is C68H46Cl8O19. The lowest BCUT2D eigenvalue weighted by Gasteiger charge is -2.68. The van der Waals surface area contributed by atoms with Gasteiger partial charge in [-0.1, -0.05) is 190 Å². The van der Waals surface area contributed by atoms with E-state index in [4.69, 9.17) is 112 Å². The van der Waals surface area contributed by atoms with Crippen molar-refractivity contribution in [3.63, 3.8) is 0 Å². The molecule has 2 fully saturated rings. The Bertz CT molecular complexity index is 4420. The summed E-state index contributed by atoms with van der Waals surface area (Å²) < 4.78 is 26.3.